The molecule has 13 nitrogen and oxygen atoms in total. The molecule has 1 unspecified atom stereocenters. The summed E-state index contributed by atoms with van der Waals surface area (Å²) in [5.74, 6) is -3.48. The van der Waals surface area contributed by atoms with E-state index in [0.29, 0.717) is 22.0 Å². The molecule has 1 N–H and O–H groups in total. The van der Waals surface area contributed by atoms with Crippen LogP contribution in [0.15, 0.2) is 112 Å². The van der Waals surface area contributed by atoms with Gasteiger partial charge >= 0.3 is 11.9 Å². The molecular formula is C40H36N6O7S3. The molecule has 0 bridgehead atoms. The Balaban J connectivity index is 1.09. The average molecular weight is 809 g/mol. The molecule has 3 aromatic carbocycles. The Morgan fingerprint density at radius 1 is 0.982 bits per heavy atom. The maximum absolute atomic E-state index is 14.5. The number of rotatable bonds is 13. The second-order valence-corrected chi connectivity index (χ2v) is 16.2. The molecule has 4 heterocycles. The first-order chi connectivity index (χ1) is 27.3. The third-order valence-electron chi connectivity index (χ3n) is 9.98. The van der Waals surface area contributed by atoms with Gasteiger partial charge in [-0.1, -0.05) is 78.5 Å². The SMILES string of the molecule is CO[C@@]1(NC(=O)C(C(=O)Oc2ccc3c(c2)CCC3)c2ccsc2)C(=O)N2C(C(=O)OC(c3ccccc3)c3ccccc3)=C(CSc3nnnn3C)CS[C@@H]21. The summed E-state index contributed by atoms with van der Waals surface area (Å²) in [6.45, 7) is 0. The van der Waals surface area contributed by atoms with Gasteiger partial charge in [-0.15, -0.1) is 16.9 Å². The summed E-state index contributed by atoms with van der Waals surface area (Å²) >= 11 is 3.95. The molecule has 3 atom stereocenters. The maximum atomic E-state index is 14.5. The van der Waals surface area contributed by atoms with Gasteiger partial charge in [-0.25, -0.2) is 9.48 Å². The van der Waals surface area contributed by atoms with E-state index in [2.05, 4.69) is 20.8 Å². The van der Waals surface area contributed by atoms with Gasteiger partial charge < -0.3 is 19.5 Å². The zero-order valence-electron chi connectivity index (χ0n) is 30.3. The minimum Gasteiger partial charge on any atom is -0.448 e. The van der Waals surface area contributed by atoms with Crippen LogP contribution in [-0.4, -0.2) is 78.6 Å². The van der Waals surface area contributed by atoms with Gasteiger partial charge in [0.15, 0.2) is 12.0 Å². The zero-order valence-corrected chi connectivity index (χ0v) is 32.8. The maximum Gasteiger partial charge on any atom is 0.356 e. The fraction of sp³-hybridized carbons (Fsp3) is 0.275. The molecule has 2 aromatic heterocycles. The molecule has 2 amide bonds. The highest BCUT2D eigenvalue weighted by atomic mass is 32.2. The highest BCUT2D eigenvalue weighted by Gasteiger charge is 2.67. The van der Waals surface area contributed by atoms with Crippen molar-refractivity contribution in [3.63, 3.8) is 0 Å². The minimum atomic E-state index is -1.90. The van der Waals surface area contributed by atoms with Crippen LogP contribution in [0.4, 0.5) is 0 Å². The molecule has 1 aliphatic carbocycles. The Morgan fingerprint density at radius 2 is 1.71 bits per heavy atom. The number of thioether (sulfide) groups is 2. The van der Waals surface area contributed by atoms with E-state index in [9.17, 15) is 19.2 Å². The van der Waals surface area contributed by atoms with Gasteiger partial charge in [0.05, 0.1) is 0 Å². The van der Waals surface area contributed by atoms with Crippen molar-refractivity contribution in [2.24, 2.45) is 7.05 Å². The number of esters is 2. The Morgan fingerprint density at radius 3 is 2.38 bits per heavy atom. The van der Waals surface area contributed by atoms with Crippen LogP contribution in [0.2, 0.25) is 0 Å². The number of methoxy groups -OCH3 is 1. The van der Waals surface area contributed by atoms with Gasteiger partial charge in [-0.05, 0) is 92.0 Å². The summed E-state index contributed by atoms with van der Waals surface area (Å²) < 4.78 is 19.5. The molecule has 3 aliphatic rings. The lowest BCUT2D eigenvalue weighted by Gasteiger charge is -2.56. The van der Waals surface area contributed by atoms with Crippen molar-refractivity contribution in [2.45, 2.75) is 47.5 Å². The monoisotopic (exact) mass is 808 g/mol. The molecule has 1 fully saturated rings. The van der Waals surface area contributed by atoms with Gasteiger partial charge in [-0.2, -0.15) is 11.3 Å². The van der Waals surface area contributed by atoms with Gasteiger partial charge in [-0.3, -0.25) is 19.3 Å². The van der Waals surface area contributed by atoms with Crippen molar-refractivity contribution >= 4 is 58.6 Å². The summed E-state index contributed by atoms with van der Waals surface area (Å²) in [7, 11) is 3.02. The van der Waals surface area contributed by atoms with Crippen LogP contribution >= 0.6 is 34.9 Å². The number of carbonyl (C=O) groups is 4. The van der Waals surface area contributed by atoms with E-state index in [1.807, 2.05) is 72.8 Å². The molecule has 56 heavy (non-hydrogen) atoms. The van der Waals surface area contributed by atoms with Gasteiger partial charge in [0.1, 0.15) is 16.8 Å². The highest BCUT2D eigenvalue weighted by Crippen LogP contribution is 2.48. The Labute approximate surface area is 334 Å². The number of aromatic nitrogens is 4. The molecule has 8 rings (SSSR count). The molecule has 0 spiro atoms. The molecule has 5 aromatic rings. The van der Waals surface area contributed by atoms with Crippen LogP contribution in [0, 0.1) is 0 Å². The number of benzene rings is 3. The van der Waals surface area contributed by atoms with E-state index in [4.69, 9.17) is 14.2 Å². The van der Waals surface area contributed by atoms with Crippen molar-refractivity contribution in [3.8, 4) is 5.75 Å². The first-order valence-corrected chi connectivity index (χ1v) is 20.8. The molecule has 1 saturated heterocycles. The quantitative estimate of drug-likeness (QED) is 0.0415. The Hall–Kier alpha value is -5.29. The summed E-state index contributed by atoms with van der Waals surface area (Å²) in [6.07, 6.45) is 2.12. The first kappa shape index (κ1) is 37.6. The van der Waals surface area contributed by atoms with Crippen molar-refractivity contribution in [1.82, 2.24) is 30.4 Å². The minimum absolute atomic E-state index is 0.0468. The number of nitrogens with zero attached hydrogens (tertiary/aromatic N) is 5. The normalized spacial score (nSPS) is 19.2. The number of nitrogens with one attached hydrogen (secondary N) is 1. The summed E-state index contributed by atoms with van der Waals surface area (Å²) in [5, 5.41) is 17.5. The second kappa shape index (κ2) is 16.1. The summed E-state index contributed by atoms with van der Waals surface area (Å²) in [4.78, 5) is 58.4. The average Bonchev–Trinajstić information content (AvgIpc) is 4.01. The third kappa shape index (κ3) is 7.13. The van der Waals surface area contributed by atoms with Crippen molar-refractivity contribution in [2.75, 3.05) is 18.6 Å². The third-order valence-corrected chi connectivity index (χ3v) is 13.2. The van der Waals surface area contributed by atoms with Crippen LogP contribution in [0.25, 0.3) is 0 Å². The van der Waals surface area contributed by atoms with E-state index in [1.54, 1.807) is 29.9 Å². The van der Waals surface area contributed by atoms with Crippen LogP contribution in [0.1, 0.15) is 46.3 Å². The molecule has 16 heteroatoms. The van der Waals surface area contributed by atoms with Crippen molar-refractivity contribution in [1.29, 1.82) is 0 Å². The summed E-state index contributed by atoms with van der Waals surface area (Å²) in [5.41, 5.74) is 3.00. The number of ether oxygens (including phenoxy) is 3. The van der Waals surface area contributed by atoms with Gasteiger partial charge in [0.2, 0.25) is 11.1 Å². The van der Waals surface area contributed by atoms with E-state index < -0.39 is 46.9 Å². The molecule has 286 valence electrons. The number of thiophene rings is 1. The number of fused-ring (bicyclic) bond motifs is 2. The second-order valence-electron chi connectivity index (χ2n) is 13.4. The number of hydrogen-bond donors (Lipinski definition) is 1. The van der Waals surface area contributed by atoms with E-state index in [0.717, 1.165) is 36.0 Å². The number of aryl methyl sites for hydroxylation is 3. The molecular weight excluding hydrogens is 773 g/mol. The number of carbonyl (C=O) groups excluding carboxylic acids is 4. The molecule has 0 saturated carbocycles. The van der Waals surface area contributed by atoms with E-state index in [1.165, 1.54) is 57.1 Å². The smallest absolute Gasteiger partial charge is 0.356 e. The van der Waals surface area contributed by atoms with Gasteiger partial charge in [0, 0.05) is 25.7 Å². The predicted octanol–water partition coefficient (Wildman–Crippen LogP) is 5.20. The zero-order chi connectivity index (χ0) is 38.8. The number of amides is 2. The topological polar surface area (TPSA) is 155 Å². The summed E-state index contributed by atoms with van der Waals surface area (Å²) in [6, 6.07) is 25.9. The van der Waals surface area contributed by atoms with Gasteiger partial charge in [0.25, 0.3) is 11.6 Å². The molecule has 0 radical (unpaired) electrons. The van der Waals surface area contributed by atoms with Crippen LogP contribution in [0.3, 0.4) is 0 Å². The number of tetrazole rings is 1. The van der Waals surface area contributed by atoms with E-state index in [-0.39, 0.29) is 17.2 Å². The van der Waals surface area contributed by atoms with Crippen molar-refractivity contribution in [3.05, 3.63) is 135 Å². The number of β-lactam (4-membered cyclic amide) rings is 1. The lowest BCUT2D eigenvalue weighted by Crippen LogP contribution is -2.81. The fourth-order valence-electron chi connectivity index (χ4n) is 7.16. The Bertz CT molecular complexity index is 2260. The lowest BCUT2D eigenvalue weighted by atomic mass is 9.95. The lowest BCUT2D eigenvalue weighted by molar-refractivity contribution is -0.193. The van der Waals surface area contributed by atoms with Crippen LogP contribution < -0.4 is 10.1 Å². The van der Waals surface area contributed by atoms with Crippen molar-refractivity contribution < 1.29 is 33.4 Å². The van der Waals surface area contributed by atoms with Crippen LogP contribution in [0.5, 0.6) is 5.75 Å². The molecule has 2 aliphatic heterocycles. The van der Waals surface area contributed by atoms with E-state index >= 15 is 0 Å². The fourth-order valence-corrected chi connectivity index (χ4v) is 10.3. The highest BCUT2D eigenvalue weighted by molar-refractivity contribution is 8.01. The number of hydrogen-bond acceptors (Lipinski definition) is 13. The standard InChI is InChI=1S/C40H36N6O7S3/c1-45-39(42-43-44-45)56-23-29-22-55-38-40(51-2,37(50)46(38)32(29)36(49)53-33(25-10-5-3-6-11-25)26-12-7-4-8-13-26)41-34(47)31(28-18-19-54-21-28)35(48)52-30-17-16-24-14-9-15-27(24)20-30/h3-8,10-13,16-21,31,33,38H,9,14-15,22-23H2,1-2H3,(H,41,47)/t31?,38-,40+/m1/s1. The largest absolute Gasteiger partial charge is 0.448 e. The van der Waals surface area contributed by atoms with Crippen LogP contribution in [-0.2, 0) is 48.5 Å². The Kier molecular flexibility index (Phi) is 10.8. The first-order valence-electron chi connectivity index (χ1n) is 17.8. The predicted molar refractivity (Wildman–Crippen MR) is 210 cm³/mol.